The maximum Gasteiger partial charge on any atom is 0.233 e. The average Bonchev–Trinajstić information content (AvgIpc) is 2.81. The minimum atomic E-state index is 0.472. The van der Waals surface area contributed by atoms with E-state index in [1.807, 2.05) is 7.05 Å². The number of halogens is 1. The first-order valence-electron chi connectivity index (χ1n) is 5.20. The summed E-state index contributed by atoms with van der Waals surface area (Å²) in [6, 6.07) is 0. The molecule has 2 heterocycles. The van der Waals surface area contributed by atoms with Crippen molar-refractivity contribution in [3.63, 3.8) is 0 Å². The van der Waals surface area contributed by atoms with Crippen LogP contribution in [0, 0.1) is 5.92 Å². The first-order chi connectivity index (χ1) is 7.81. The molecule has 1 unspecified atom stereocenters. The van der Waals surface area contributed by atoms with E-state index in [-0.39, 0.29) is 0 Å². The van der Waals surface area contributed by atoms with Crippen LogP contribution in [0.25, 0.3) is 0 Å². The molecular weight excluding hydrogens is 274 g/mol. The van der Waals surface area contributed by atoms with Crippen LogP contribution in [-0.4, -0.2) is 36.8 Å². The lowest BCUT2D eigenvalue weighted by atomic mass is 10.1. The van der Waals surface area contributed by atoms with Crippen molar-refractivity contribution in [3.05, 3.63) is 10.8 Å². The highest BCUT2D eigenvalue weighted by Crippen LogP contribution is 2.28. The van der Waals surface area contributed by atoms with E-state index >= 15 is 0 Å². The van der Waals surface area contributed by atoms with Crippen LogP contribution in [-0.2, 0) is 4.74 Å². The molecule has 1 saturated heterocycles. The number of nitrogens with one attached hydrogen (secondary N) is 1. The Kier molecular flexibility index (Phi) is 3.95. The molecule has 0 radical (unpaired) electrons. The van der Waals surface area contributed by atoms with Crippen LogP contribution in [0.1, 0.15) is 6.42 Å². The van der Waals surface area contributed by atoms with Crippen LogP contribution in [0.5, 0.6) is 5.88 Å². The van der Waals surface area contributed by atoms with Crippen molar-refractivity contribution < 1.29 is 9.47 Å². The van der Waals surface area contributed by atoms with Crippen LogP contribution in [0.3, 0.4) is 0 Å². The standard InChI is InChI=1S/C10H14BrN3O2/c1-12-9-8(11)10(14-6-13-9)16-5-7-2-3-15-4-7/h6-7H,2-5H2,1H3,(H,12,13,14). The van der Waals surface area contributed by atoms with E-state index in [4.69, 9.17) is 9.47 Å². The van der Waals surface area contributed by atoms with Gasteiger partial charge in [0.2, 0.25) is 5.88 Å². The topological polar surface area (TPSA) is 56.3 Å². The first-order valence-corrected chi connectivity index (χ1v) is 5.99. The van der Waals surface area contributed by atoms with Crippen LogP contribution >= 0.6 is 15.9 Å². The Morgan fingerprint density at radius 3 is 3.19 bits per heavy atom. The summed E-state index contributed by atoms with van der Waals surface area (Å²) in [6.45, 7) is 2.25. The van der Waals surface area contributed by atoms with E-state index in [9.17, 15) is 0 Å². The molecule has 1 aromatic heterocycles. The van der Waals surface area contributed by atoms with Gasteiger partial charge < -0.3 is 14.8 Å². The van der Waals surface area contributed by atoms with Gasteiger partial charge in [0.1, 0.15) is 16.6 Å². The average molecular weight is 288 g/mol. The molecule has 6 heteroatoms. The van der Waals surface area contributed by atoms with Gasteiger partial charge in [-0.25, -0.2) is 9.97 Å². The third-order valence-electron chi connectivity index (χ3n) is 2.47. The summed E-state index contributed by atoms with van der Waals surface area (Å²) in [6.07, 6.45) is 2.54. The maximum atomic E-state index is 5.65. The zero-order chi connectivity index (χ0) is 11.4. The molecule has 0 saturated carbocycles. The number of hydrogen-bond acceptors (Lipinski definition) is 5. The molecule has 1 N–H and O–H groups in total. The fraction of sp³-hybridized carbons (Fsp3) is 0.600. The van der Waals surface area contributed by atoms with Gasteiger partial charge in [-0.3, -0.25) is 0 Å². The van der Waals surface area contributed by atoms with Gasteiger partial charge in [0.25, 0.3) is 0 Å². The van der Waals surface area contributed by atoms with E-state index in [1.54, 1.807) is 0 Å². The summed E-state index contributed by atoms with van der Waals surface area (Å²) >= 11 is 3.41. The Balaban J connectivity index is 1.97. The molecule has 88 valence electrons. The van der Waals surface area contributed by atoms with Crippen LogP contribution in [0.2, 0.25) is 0 Å². The van der Waals surface area contributed by atoms with Crippen LogP contribution in [0.15, 0.2) is 10.8 Å². The molecule has 16 heavy (non-hydrogen) atoms. The lowest BCUT2D eigenvalue weighted by molar-refractivity contribution is 0.165. The fourth-order valence-electron chi connectivity index (χ4n) is 1.54. The van der Waals surface area contributed by atoms with Crippen molar-refractivity contribution in [1.29, 1.82) is 0 Å². The summed E-state index contributed by atoms with van der Waals surface area (Å²) in [4.78, 5) is 8.15. The summed E-state index contributed by atoms with van der Waals surface area (Å²) in [5.41, 5.74) is 0. The van der Waals surface area contributed by atoms with Crippen LogP contribution < -0.4 is 10.1 Å². The molecule has 0 aliphatic carbocycles. The van der Waals surface area contributed by atoms with Crippen LogP contribution in [0.4, 0.5) is 5.82 Å². The number of ether oxygens (including phenoxy) is 2. The van der Waals surface area contributed by atoms with E-state index < -0.39 is 0 Å². The third kappa shape index (κ3) is 2.62. The molecule has 1 fully saturated rings. The quantitative estimate of drug-likeness (QED) is 0.913. The van der Waals surface area contributed by atoms with Gasteiger partial charge in [-0.1, -0.05) is 0 Å². The predicted molar refractivity (Wildman–Crippen MR) is 63.7 cm³/mol. The number of aromatic nitrogens is 2. The number of nitrogens with zero attached hydrogens (tertiary/aromatic N) is 2. The molecule has 0 spiro atoms. The summed E-state index contributed by atoms with van der Waals surface area (Å²) in [7, 11) is 1.81. The highest BCUT2D eigenvalue weighted by atomic mass is 79.9. The van der Waals surface area contributed by atoms with Crippen molar-refractivity contribution >= 4 is 21.7 Å². The lowest BCUT2D eigenvalue weighted by Crippen LogP contribution is -2.13. The molecule has 1 atom stereocenters. The minimum absolute atomic E-state index is 0.472. The Bertz CT molecular complexity index is 356. The monoisotopic (exact) mass is 287 g/mol. The molecule has 1 aliphatic rings. The molecule has 0 aromatic carbocycles. The lowest BCUT2D eigenvalue weighted by Gasteiger charge is -2.11. The largest absolute Gasteiger partial charge is 0.476 e. The second-order valence-corrected chi connectivity index (χ2v) is 4.43. The van der Waals surface area contributed by atoms with E-state index in [1.165, 1.54) is 6.33 Å². The maximum absolute atomic E-state index is 5.65. The molecule has 1 aliphatic heterocycles. The Hall–Kier alpha value is -0.880. The highest BCUT2D eigenvalue weighted by molar-refractivity contribution is 9.10. The van der Waals surface area contributed by atoms with Gasteiger partial charge >= 0.3 is 0 Å². The SMILES string of the molecule is CNc1ncnc(OCC2CCOC2)c1Br. The molecule has 0 amide bonds. The van der Waals surface area contributed by atoms with Gasteiger partial charge in [0, 0.05) is 19.6 Å². The zero-order valence-electron chi connectivity index (χ0n) is 9.07. The fourth-order valence-corrected chi connectivity index (χ4v) is 2.06. The second kappa shape index (κ2) is 5.45. The van der Waals surface area contributed by atoms with E-state index in [0.717, 1.165) is 29.9 Å². The first kappa shape index (κ1) is 11.6. The molecule has 5 nitrogen and oxygen atoms in total. The third-order valence-corrected chi connectivity index (χ3v) is 3.19. The zero-order valence-corrected chi connectivity index (χ0v) is 10.7. The van der Waals surface area contributed by atoms with Gasteiger partial charge in [-0.05, 0) is 22.4 Å². The van der Waals surface area contributed by atoms with Gasteiger partial charge in [-0.2, -0.15) is 0 Å². The van der Waals surface area contributed by atoms with Crippen molar-refractivity contribution in [2.75, 3.05) is 32.2 Å². The Morgan fingerprint density at radius 1 is 1.62 bits per heavy atom. The number of anilines is 1. The highest BCUT2D eigenvalue weighted by Gasteiger charge is 2.17. The summed E-state index contributed by atoms with van der Waals surface area (Å²) in [5.74, 6) is 1.78. The molecular formula is C10H14BrN3O2. The van der Waals surface area contributed by atoms with Crippen molar-refractivity contribution in [3.8, 4) is 5.88 Å². The van der Waals surface area contributed by atoms with Gasteiger partial charge in [0.05, 0.1) is 13.2 Å². The van der Waals surface area contributed by atoms with E-state index in [2.05, 4.69) is 31.2 Å². The summed E-state index contributed by atoms with van der Waals surface area (Å²) < 4.78 is 11.7. The van der Waals surface area contributed by atoms with Crippen molar-refractivity contribution in [2.24, 2.45) is 5.92 Å². The molecule has 1 aromatic rings. The predicted octanol–water partition coefficient (Wildman–Crippen LogP) is 1.70. The Morgan fingerprint density at radius 2 is 2.50 bits per heavy atom. The second-order valence-electron chi connectivity index (χ2n) is 3.63. The van der Waals surface area contributed by atoms with Crippen molar-refractivity contribution in [2.45, 2.75) is 6.42 Å². The van der Waals surface area contributed by atoms with Gasteiger partial charge in [0.15, 0.2) is 0 Å². The van der Waals surface area contributed by atoms with E-state index in [0.29, 0.717) is 18.4 Å². The summed E-state index contributed by atoms with van der Waals surface area (Å²) in [5, 5.41) is 2.96. The number of hydrogen-bond donors (Lipinski definition) is 1. The van der Waals surface area contributed by atoms with Crippen molar-refractivity contribution in [1.82, 2.24) is 9.97 Å². The minimum Gasteiger partial charge on any atom is -0.476 e. The number of rotatable bonds is 4. The molecule has 2 rings (SSSR count). The van der Waals surface area contributed by atoms with Gasteiger partial charge in [-0.15, -0.1) is 0 Å². The molecule has 0 bridgehead atoms. The normalized spacial score (nSPS) is 19.8. The smallest absolute Gasteiger partial charge is 0.233 e. The Labute approximate surface area is 103 Å².